The standard InChI is InChI=1S/C22H26N2O.C22H28N2.2ClH/c1-2-8-22(25)24-14-13-23-15-20(17-9-4-3-5-10-17)18-11-6-7-12-19(18)21(23)16-24;1-2-3-13-23-14-15-24-16-21(18-9-5-4-6-10-18)19-11-7-8-12-20(19)22(24)17-23;;/h3-7,9-12,20-21H,2,8,13-16H2,1H3;4-12,21-22H,2-3,13-17H2,1H3;2*1H/t20-,21+;21-,22+;;/m00../s1. The molecule has 4 aliphatic rings. The van der Waals surface area contributed by atoms with Crippen LogP contribution in [0.5, 0.6) is 0 Å². The monoisotopic (exact) mass is 726 g/mol. The van der Waals surface area contributed by atoms with E-state index in [1.54, 1.807) is 11.1 Å². The summed E-state index contributed by atoms with van der Waals surface area (Å²) in [6.07, 6.45) is 4.20. The van der Waals surface area contributed by atoms with Gasteiger partial charge in [-0.15, -0.1) is 24.8 Å². The van der Waals surface area contributed by atoms with E-state index >= 15 is 0 Å². The molecule has 0 bridgehead atoms. The molecule has 2 fully saturated rings. The highest BCUT2D eigenvalue weighted by atomic mass is 35.5. The second kappa shape index (κ2) is 18.5. The van der Waals surface area contributed by atoms with Gasteiger partial charge in [-0.3, -0.25) is 14.6 Å². The summed E-state index contributed by atoms with van der Waals surface area (Å²) in [5, 5.41) is 0. The molecule has 0 aromatic heterocycles. The van der Waals surface area contributed by atoms with Crippen molar-refractivity contribution in [2.45, 2.75) is 63.5 Å². The zero-order valence-electron chi connectivity index (χ0n) is 30.4. The maximum absolute atomic E-state index is 12.4. The molecule has 4 aromatic carbocycles. The Bertz CT molecular complexity index is 1670. The number of rotatable bonds is 7. The number of benzene rings is 4. The van der Waals surface area contributed by atoms with E-state index in [1.165, 1.54) is 61.3 Å². The number of unbranched alkanes of at least 4 members (excludes halogenated alkanes) is 1. The molecule has 4 aromatic rings. The Balaban J connectivity index is 0.000000190. The van der Waals surface area contributed by atoms with Gasteiger partial charge in [0.05, 0.1) is 6.04 Å². The number of piperazine rings is 2. The van der Waals surface area contributed by atoms with Crippen molar-refractivity contribution in [2.75, 3.05) is 58.9 Å². The van der Waals surface area contributed by atoms with E-state index in [-0.39, 0.29) is 24.8 Å². The second-order valence-corrected chi connectivity index (χ2v) is 14.4. The SMILES string of the molecule is CCCC(=O)N1CCN2C[C@@H](c3ccccc3)c3ccccc3[C@H]2C1.CCCCN1CCN2C[C@@H](c3ccccc3)c3ccccc3[C@H]2C1.Cl.Cl. The molecule has 4 atom stereocenters. The van der Waals surface area contributed by atoms with Gasteiger partial charge in [-0.05, 0) is 52.8 Å². The van der Waals surface area contributed by atoms with Crippen molar-refractivity contribution < 1.29 is 4.79 Å². The van der Waals surface area contributed by atoms with Gasteiger partial charge < -0.3 is 9.80 Å². The Hall–Kier alpha value is -3.19. The maximum atomic E-state index is 12.4. The van der Waals surface area contributed by atoms with Crippen LogP contribution in [-0.4, -0.2) is 84.4 Å². The molecule has 2 saturated heterocycles. The highest BCUT2D eigenvalue weighted by molar-refractivity contribution is 5.85. The lowest BCUT2D eigenvalue weighted by molar-refractivity contribution is -0.134. The smallest absolute Gasteiger partial charge is 0.222 e. The van der Waals surface area contributed by atoms with Gasteiger partial charge >= 0.3 is 0 Å². The summed E-state index contributed by atoms with van der Waals surface area (Å²) in [5.41, 5.74) is 8.77. The third kappa shape index (κ3) is 8.72. The Morgan fingerprint density at radius 2 is 1.02 bits per heavy atom. The second-order valence-electron chi connectivity index (χ2n) is 14.4. The fourth-order valence-corrected chi connectivity index (χ4v) is 8.78. The summed E-state index contributed by atoms with van der Waals surface area (Å²) in [6, 6.07) is 40.8. The molecule has 0 saturated carbocycles. The Labute approximate surface area is 318 Å². The number of carbonyl (C=O) groups is 1. The number of fused-ring (bicyclic) bond motifs is 6. The Morgan fingerprint density at radius 3 is 1.53 bits per heavy atom. The maximum Gasteiger partial charge on any atom is 0.222 e. The first kappa shape index (κ1) is 39.0. The minimum absolute atomic E-state index is 0. The van der Waals surface area contributed by atoms with E-state index in [0.717, 1.165) is 39.1 Å². The molecule has 0 spiro atoms. The van der Waals surface area contributed by atoms with Crippen molar-refractivity contribution in [1.82, 2.24) is 19.6 Å². The summed E-state index contributed by atoms with van der Waals surface area (Å²) in [7, 11) is 0. The highest BCUT2D eigenvalue weighted by Gasteiger charge is 2.39. The Morgan fingerprint density at radius 1 is 0.549 bits per heavy atom. The molecule has 8 rings (SSSR count). The average molecular weight is 728 g/mol. The van der Waals surface area contributed by atoms with Gasteiger partial charge in [-0.25, -0.2) is 0 Å². The number of hydrogen-bond acceptors (Lipinski definition) is 4. The molecule has 0 aliphatic carbocycles. The van der Waals surface area contributed by atoms with Crippen molar-refractivity contribution in [3.8, 4) is 0 Å². The van der Waals surface area contributed by atoms with Gasteiger partial charge in [-0.1, -0.05) is 129 Å². The zero-order chi connectivity index (χ0) is 33.6. The van der Waals surface area contributed by atoms with Crippen LogP contribution >= 0.6 is 24.8 Å². The largest absolute Gasteiger partial charge is 0.339 e. The van der Waals surface area contributed by atoms with Crippen LogP contribution in [0.15, 0.2) is 109 Å². The summed E-state index contributed by atoms with van der Waals surface area (Å²) < 4.78 is 0. The van der Waals surface area contributed by atoms with E-state index in [0.29, 0.717) is 36.2 Å². The van der Waals surface area contributed by atoms with Crippen LogP contribution in [-0.2, 0) is 4.79 Å². The van der Waals surface area contributed by atoms with Crippen molar-refractivity contribution in [3.05, 3.63) is 143 Å². The van der Waals surface area contributed by atoms with Crippen LogP contribution in [0, 0.1) is 0 Å². The molecule has 1 amide bonds. The molecule has 0 N–H and O–H groups in total. The average Bonchev–Trinajstić information content (AvgIpc) is 3.17. The summed E-state index contributed by atoms with van der Waals surface area (Å²) >= 11 is 0. The van der Waals surface area contributed by atoms with Crippen LogP contribution in [0.2, 0.25) is 0 Å². The van der Waals surface area contributed by atoms with Crippen LogP contribution in [0.25, 0.3) is 0 Å². The zero-order valence-corrected chi connectivity index (χ0v) is 32.0. The topological polar surface area (TPSA) is 30.0 Å². The minimum atomic E-state index is 0. The molecule has 272 valence electrons. The first-order chi connectivity index (χ1) is 24.1. The molecule has 4 aliphatic heterocycles. The highest BCUT2D eigenvalue weighted by Crippen LogP contribution is 2.42. The van der Waals surface area contributed by atoms with Gasteiger partial charge in [0.1, 0.15) is 0 Å². The van der Waals surface area contributed by atoms with E-state index in [2.05, 4.69) is 143 Å². The molecule has 7 heteroatoms. The number of nitrogens with zero attached hydrogens (tertiary/aromatic N) is 4. The first-order valence-electron chi connectivity index (χ1n) is 18.9. The van der Waals surface area contributed by atoms with E-state index in [1.807, 2.05) is 0 Å². The number of carbonyl (C=O) groups excluding carboxylic acids is 1. The molecule has 0 unspecified atom stereocenters. The predicted octanol–water partition coefficient (Wildman–Crippen LogP) is 8.95. The third-order valence-corrected chi connectivity index (χ3v) is 11.4. The molecule has 4 heterocycles. The van der Waals surface area contributed by atoms with Crippen LogP contribution < -0.4 is 0 Å². The lowest BCUT2D eigenvalue weighted by atomic mass is 9.80. The van der Waals surface area contributed by atoms with Gasteiger partial charge in [0.2, 0.25) is 5.91 Å². The quantitative estimate of drug-likeness (QED) is 0.190. The summed E-state index contributed by atoms with van der Waals surface area (Å²) in [4.78, 5) is 22.4. The van der Waals surface area contributed by atoms with E-state index in [4.69, 9.17) is 0 Å². The lowest BCUT2D eigenvalue weighted by Gasteiger charge is -2.47. The van der Waals surface area contributed by atoms with E-state index < -0.39 is 0 Å². The molecular weight excluding hydrogens is 671 g/mol. The first-order valence-corrected chi connectivity index (χ1v) is 18.9. The summed E-state index contributed by atoms with van der Waals surface area (Å²) in [5.74, 6) is 1.25. The van der Waals surface area contributed by atoms with Crippen LogP contribution in [0.3, 0.4) is 0 Å². The molecular formula is C44H56Cl2N4O. The molecule has 5 nitrogen and oxygen atoms in total. The minimum Gasteiger partial charge on any atom is -0.339 e. The fourth-order valence-electron chi connectivity index (χ4n) is 8.78. The molecule has 51 heavy (non-hydrogen) atoms. The molecule has 0 radical (unpaired) electrons. The number of amides is 1. The number of halogens is 2. The van der Waals surface area contributed by atoms with Crippen molar-refractivity contribution in [2.24, 2.45) is 0 Å². The van der Waals surface area contributed by atoms with Crippen molar-refractivity contribution in [1.29, 1.82) is 0 Å². The van der Waals surface area contributed by atoms with Gasteiger partial charge in [0.15, 0.2) is 0 Å². The van der Waals surface area contributed by atoms with Crippen LogP contribution in [0.1, 0.15) is 96.8 Å². The van der Waals surface area contributed by atoms with Gasteiger partial charge in [-0.2, -0.15) is 0 Å². The Kier molecular flexibility index (Phi) is 14.2. The van der Waals surface area contributed by atoms with Gasteiger partial charge in [0, 0.05) is 76.7 Å². The third-order valence-electron chi connectivity index (χ3n) is 11.4. The normalized spacial score (nSPS) is 22.7. The van der Waals surface area contributed by atoms with E-state index in [9.17, 15) is 4.79 Å². The summed E-state index contributed by atoms with van der Waals surface area (Å²) in [6.45, 7) is 14.1. The number of hydrogen-bond donors (Lipinski definition) is 0. The predicted molar refractivity (Wildman–Crippen MR) is 215 cm³/mol. The van der Waals surface area contributed by atoms with Crippen molar-refractivity contribution >= 4 is 30.7 Å². The lowest BCUT2D eigenvalue weighted by Crippen LogP contribution is -2.53. The van der Waals surface area contributed by atoms with Crippen molar-refractivity contribution in [3.63, 3.8) is 0 Å². The van der Waals surface area contributed by atoms with Crippen LogP contribution in [0.4, 0.5) is 0 Å². The van der Waals surface area contributed by atoms with Gasteiger partial charge in [0.25, 0.3) is 0 Å². The fraction of sp³-hybridized carbons (Fsp3) is 0.432.